The molecule has 0 saturated carbocycles. The molecule has 110 valence electrons. The minimum atomic E-state index is -3.43. The topological polar surface area (TPSA) is 104 Å². The highest BCUT2D eigenvalue weighted by molar-refractivity contribution is 5.87. The monoisotopic (exact) mass is 287 g/mol. The van der Waals surface area contributed by atoms with Gasteiger partial charge in [0, 0.05) is 0 Å². The van der Waals surface area contributed by atoms with Crippen LogP contribution in [0, 0.1) is 0 Å². The molecule has 0 bridgehead atoms. The highest BCUT2D eigenvalue weighted by atomic mass is 19.3. The lowest BCUT2D eigenvalue weighted by Crippen LogP contribution is -2.46. The molecule has 3 amide bonds. The van der Waals surface area contributed by atoms with Gasteiger partial charge in [-0.2, -0.15) is 0 Å². The van der Waals surface area contributed by atoms with Crippen molar-refractivity contribution < 1.29 is 23.5 Å². The number of rotatable bonds is 6. The van der Waals surface area contributed by atoms with E-state index in [1.165, 1.54) is 0 Å². The highest BCUT2D eigenvalue weighted by Gasteiger charge is 2.30. The second kappa shape index (κ2) is 6.80. The van der Waals surface area contributed by atoms with Crippen molar-refractivity contribution in [1.29, 1.82) is 0 Å². The van der Waals surface area contributed by atoms with E-state index in [-0.39, 0.29) is 0 Å². The molecule has 0 radical (unpaired) electrons. The summed E-state index contributed by atoms with van der Waals surface area (Å²) in [5.74, 6) is -4.27. The number of halogens is 2. The summed E-state index contributed by atoms with van der Waals surface area (Å²) in [6, 6.07) is 5.91. The maximum Gasteiger partial charge on any atom is 0.313 e. The maximum atomic E-state index is 12.9. The second-order valence-corrected chi connectivity index (χ2v) is 4.08. The van der Waals surface area contributed by atoms with Gasteiger partial charge in [-0.3, -0.25) is 4.79 Å². The van der Waals surface area contributed by atoms with Crippen LogP contribution in [-0.4, -0.2) is 36.1 Å². The van der Waals surface area contributed by atoms with E-state index in [1.54, 1.807) is 30.3 Å². The molecule has 0 aliphatic heterocycles. The minimum absolute atomic E-state index is 0.399. The molecule has 0 aliphatic rings. The molecule has 1 atom stereocenters. The fraction of sp³-hybridized carbons (Fsp3) is 0.333. The quantitative estimate of drug-likeness (QED) is 0.598. The number of aliphatic hydroxyl groups excluding tert-OH is 1. The number of nitrogens with one attached hydrogen (secondary N) is 2. The standard InChI is InChI=1S/C12H15F2N3O3/c13-12(14,7-18)6-16-10(19)9(17-11(15)20)8-4-2-1-3-5-8/h1-5,9,18H,6-7H2,(H,16,19)(H3,15,17,20). The Bertz CT molecular complexity index is 468. The first-order valence-electron chi connectivity index (χ1n) is 5.73. The third-order valence-electron chi connectivity index (χ3n) is 2.43. The first kappa shape index (κ1) is 15.8. The van der Waals surface area contributed by atoms with Gasteiger partial charge in [0.2, 0.25) is 5.91 Å². The van der Waals surface area contributed by atoms with Gasteiger partial charge in [0.05, 0.1) is 6.54 Å². The van der Waals surface area contributed by atoms with Crippen LogP contribution in [0.3, 0.4) is 0 Å². The number of benzene rings is 1. The third kappa shape index (κ3) is 4.81. The van der Waals surface area contributed by atoms with Crippen molar-refractivity contribution in [3.8, 4) is 0 Å². The molecule has 8 heteroatoms. The lowest BCUT2D eigenvalue weighted by molar-refractivity contribution is -0.126. The van der Waals surface area contributed by atoms with Crippen LogP contribution in [-0.2, 0) is 4.79 Å². The predicted molar refractivity (Wildman–Crippen MR) is 66.9 cm³/mol. The number of carbonyl (C=O) groups is 2. The number of aliphatic hydroxyl groups is 1. The Hall–Kier alpha value is -2.22. The van der Waals surface area contributed by atoms with Gasteiger partial charge >= 0.3 is 6.03 Å². The van der Waals surface area contributed by atoms with E-state index in [0.29, 0.717) is 5.56 Å². The average molecular weight is 287 g/mol. The summed E-state index contributed by atoms with van der Waals surface area (Å²) >= 11 is 0. The van der Waals surface area contributed by atoms with Gasteiger partial charge < -0.3 is 21.5 Å². The van der Waals surface area contributed by atoms with Crippen molar-refractivity contribution >= 4 is 11.9 Å². The summed E-state index contributed by atoms with van der Waals surface area (Å²) in [4.78, 5) is 22.7. The average Bonchev–Trinajstić information content (AvgIpc) is 2.43. The van der Waals surface area contributed by atoms with E-state index in [0.717, 1.165) is 0 Å². The molecule has 1 unspecified atom stereocenters. The minimum Gasteiger partial charge on any atom is -0.390 e. The van der Waals surface area contributed by atoms with Crippen molar-refractivity contribution in [1.82, 2.24) is 10.6 Å². The fourth-order valence-corrected chi connectivity index (χ4v) is 1.46. The van der Waals surface area contributed by atoms with Crippen LogP contribution in [0.1, 0.15) is 11.6 Å². The van der Waals surface area contributed by atoms with Crippen LogP contribution in [0.2, 0.25) is 0 Å². The highest BCUT2D eigenvalue weighted by Crippen LogP contribution is 2.14. The summed E-state index contributed by atoms with van der Waals surface area (Å²) in [5, 5.41) is 12.5. The Morgan fingerprint density at radius 3 is 2.40 bits per heavy atom. The number of hydrogen-bond acceptors (Lipinski definition) is 3. The maximum absolute atomic E-state index is 12.9. The summed E-state index contributed by atoms with van der Waals surface area (Å²) < 4.78 is 25.7. The van der Waals surface area contributed by atoms with E-state index in [2.05, 4.69) is 5.32 Å². The number of carbonyl (C=O) groups excluding carboxylic acids is 2. The summed E-state index contributed by atoms with van der Waals surface area (Å²) in [6.07, 6.45) is 0. The number of urea groups is 1. The normalized spacial score (nSPS) is 12.6. The Balaban J connectivity index is 2.79. The van der Waals surface area contributed by atoms with Gasteiger partial charge in [-0.15, -0.1) is 0 Å². The molecule has 0 heterocycles. The van der Waals surface area contributed by atoms with Crippen molar-refractivity contribution in [2.75, 3.05) is 13.2 Å². The third-order valence-corrected chi connectivity index (χ3v) is 2.43. The van der Waals surface area contributed by atoms with Crippen LogP contribution in [0.25, 0.3) is 0 Å². The van der Waals surface area contributed by atoms with Gasteiger partial charge in [0.1, 0.15) is 12.6 Å². The number of amides is 3. The van der Waals surface area contributed by atoms with Crippen LogP contribution in [0.4, 0.5) is 13.6 Å². The molecule has 0 aromatic heterocycles. The van der Waals surface area contributed by atoms with Crippen molar-refractivity contribution in [3.05, 3.63) is 35.9 Å². The molecular formula is C12H15F2N3O3. The van der Waals surface area contributed by atoms with Crippen molar-refractivity contribution in [2.45, 2.75) is 12.0 Å². The lowest BCUT2D eigenvalue weighted by atomic mass is 10.1. The largest absolute Gasteiger partial charge is 0.390 e. The first-order valence-corrected chi connectivity index (χ1v) is 5.73. The van der Waals surface area contributed by atoms with Crippen LogP contribution in [0.15, 0.2) is 30.3 Å². The van der Waals surface area contributed by atoms with Gasteiger partial charge in [0.15, 0.2) is 0 Å². The van der Waals surface area contributed by atoms with Gasteiger partial charge in [-0.05, 0) is 5.56 Å². The Kier molecular flexibility index (Phi) is 5.39. The van der Waals surface area contributed by atoms with E-state index in [1.807, 2.05) is 5.32 Å². The van der Waals surface area contributed by atoms with E-state index in [9.17, 15) is 18.4 Å². The lowest BCUT2D eigenvalue weighted by Gasteiger charge is -2.20. The summed E-state index contributed by atoms with van der Waals surface area (Å²) in [6.45, 7) is -2.42. The second-order valence-electron chi connectivity index (χ2n) is 4.08. The van der Waals surface area contributed by atoms with Gasteiger partial charge in [0.25, 0.3) is 5.92 Å². The molecule has 0 aliphatic carbocycles. The Labute approximate surface area is 114 Å². The Morgan fingerprint density at radius 1 is 1.30 bits per heavy atom. The zero-order valence-electron chi connectivity index (χ0n) is 10.5. The molecule has 1 aromatic rings. The molecular weight excluding hydrogens is 272 g/mol. The number of primary amides is 1. The predicted octanol–water partition coefficient (Wildman–Crippen LogP) is 0.140. The zero-order valence-corrected chi connectivity index (χ0v) is 10.5. The van der Waals surface area contributed by atoms with Crippen LogP contribution < -0.4 is 16.4 Å². The molecule has 1 rings (SSSR count). The van der Waals surface area contributed by atoms with Gasteiger partial charge in [-0.1, -0.05) is 30.3 Å². The molecule has 0 saturated heterocycles. The van der Waals surface area contributed by atoms with Crippen LogP contribution in [0.5, 0.6) is 0 Å². The zero-order chi connectivity index (χ0) is 15.2. The van der Waals surface area contributed by atoms with E-state index in [4.69, 9.17) is 10.8 Å². The van der Waals surface area contributed by atoms with E-state index >= 15 is 0 Å². The molecule has 6 nitrogen and oxygen atoms in total. The summed E-state index contributed by atoms with van der Waals surface area (Å²) in [7, 11) is 0. The van der Waals surface area contributed by atoms with E-state index < -0.39 is 37.1 Å². The number of nitrogens with two attached hydrogens (primary N) is 1. The van der Waals surface area contributed by atoms with Crippen molar-refractivity contribution in [3.63, 3.8) is 0 Å². The molecule has 20 heavy (non-hydrogen) atoms. The van der Waals surface area contributed by atoms with Gasteiger partial charge in [-0.25, -0.2) is 13.6 Å². The smallest absolute Gasteiger partial charge is 0.313 e. The molecule has 5 N–H and O–H groups in total. The summed E-state index contributed by atoms with van der Waals surface area (Å²) in [5.41, 5.74) is 5.36. The molecule has 0 fully saturated rings. The van der Waals surface area contributed by atoms with Crippen molar-refractivity contribution in [2.24, 2.45) is 5.73 Å². The molecule has 0 spiro atoms. The molecule has 1 aromatic carbocycles. The fourth-order valence-electron chi connectivity index (χ4n) is 1.46. The number of alkyl halides is 2. The Morgan fingerprint density at radius 2 is 1.90 bits per heavy atom. The first-order chi connectivity index (χ1) is 9.35. The number of hydrogen-bond donors (Lipinski definition) is 4. The SMILES string of the molecule is NC(=O)NC(C(=O)NCC(F)(F)CO)c1ccccc1. The van der Waals surface area contributed by atoms with Crippen LogP contribution >= 0.6 is 0 Å².